The number of aliphatic hydroxyl groups is 1. The molecule has 4 aromatic rings. The molecule has 32 heavy (non-hydrogen) atoms. The highest BCUT2D eigenvalue weighted by Gasteiger charge is 2.68. The fraction of sp³-hybridized carbons (Fsp3) is 0.185. The summed E-state index contributed by atoms with van der Waals surface area (Å²) in [6.07, 6.45) is 0.604. The fourth-order valence-corrected chi connectivity index (χ4v) is 5.68. The van der Waals surface area contributed by atoms with E-state index in [4.69, 9.17) is 4.74 Å². The summed E-state index contributed by atoms with van der Waals surface area (Å²) in [7, 11) is 1.58. The van der Waals surface area contributed by atoms with Crippen LogP contribution in [0.3, 0.4) is 0 Å². The third kappa shape index (κ3) is 2.21. The molecule has 0 saturated carbocycles. The molecule has 2 atom stereocenters. The molecule has 5 heteroatoms. The molecule has 2 aliphatic rings. The smallest absolute Gasteiger partial charge is 0.261 e. The molecule has 6 rings (SSSR count). The number of hydrogen-bond donors (Lipinski definition) is 1. The highest BCUT2D eigenvalue weighted by Crippen LogP contribution is 2.58. The number of rotatable bonds is 3. The Bertz CT molecular complexity index is 1470. The van der Waals surface area contributed by atoms with Crippen molar-refractivity contribution in [3.05, 3.63) is 112 Å². The average Bonchev–Trinajstić information content (AvgIpc) is 3.17. The van der Waals surface area contributed by atoms with Gasteiger partial charge < -0.3 is 9.84 Å². The van der Waals surface area contributed by atoms with Crippen molar-refractivity contribution in [1.82, 2.24) is 4.57 Å². The number of carbonyl (C=O) groups excluding carboxylic acids is 1. The van der Waals surface area contributed by atoms with Crippen molar-refractivity contribution < 1.29 is 14.6 Å². The standard InChI is InChI=1S/C27H21NO4/c1-32-20-11-12-21-18(14-20)13-19-16-26(15-17-7-3-2-4-8-17)24(29)22-9-5-6-10-23(22)27(26,31)28(19)25(21)30/h2-14,31H,15-16H2,1H3. The van der Waals surface area contributed by atoms with Crippen LogP contribution >= 0.6 is 0 Å². The van der Waals surface area contributed by atoms with E-state index >= 15 is 0 Å². The minimum atomic E-state index is -1.75. The number of aromatic nitrogens is 1. The first kappa shape index (κ1) is 19.0. The number of fused-ring (bicyclic) bond motifs is 6. The fourth-order valence-electron chi connectivity index (χ4n) is 5.68. The highest BCUT2D eigenvalue weighted by atomic mass is 16.5. The summed E-state index contributed by atoms with van der Waals surface area (Å²) in [6.45, 7) is 0. The molecular weight excluding hydrogens is 402 g/mol. The zero-order valence-electron chi connectivity index (χ0n) is 17.5. The average molecular weight is 423 g/mol. The summed E-state index contributed by atoms with van der Waals surface area (Å²) in [5.74, 6) is 0.531. The molecule has 1 aliphatic carbocycles. The van der Waals surface area contributed by atoms with Crippen LogP contribution in [-0.2, 0) is 18.6 Å². The maximum absolute atomic E-state index is 13.9. The summed E-state index contributed by atoms with van der Waals surface area (Å²) in [5, 5.41) is 13.6. The molecule has 1 N–H and O–H groups in total. The lowest BCUT2D eigenvalue weighted by molar-refractivity contribution is -0.0675. The quantitative estimate of drug-likeness (QED) is 0.546. The predicted octanol–water partition coefficient (Wildman–Crippen LogP) is 3.69. The molecule has 2 unspecified atom stereocenters. The first-order valence-electron chi connectivity index (χ1n) is 10.6. The lowest BCUT2D eigenvalue weighted by atomic mass is 9.72. The van der Waals surface area contributed by atoms with Gasteiger partial charge in [-0.15, -0.1) is 0 Å². The molecular formula is C27H21NO4. The molecule has 5 nitrogen and oxygen atoms in total. The highest BCUT2D eigenvalue weighted by molar-refractivity contribution is 6.07. The van der Waals surface area contributed by atoms with E-state index in [9.17, 15) is 14.7 Å². The molecule has 0 fully saturated rings. The van der Waals surface area contributed by atoms with Gasteiger partial charge in [0, 0.05) is 28.6 Å². The van der Waals surface area contributed by atoms with Crippen LogP contribution in [0.4, 0.5) is 0 Å². The van der Waals surface area contributed by atoms with Gasteiger partial charge in [0.1, 0.15) is 5.75 Å². The number of benzene rings is 3. The zero-order valence-corrected chi connectivity index (χ0v) is 17.5. The summed E-state index contributed by atoms with van der Waals surface area (Å²) in [6, 6.07) is 24.0. The Balaban J connectivity index is 1.68. The second-order valence-corrected chi connectivity index (χ2v) is 8.70. The van der Waals surface area contributed by atoms with Crippen molar-refractivity contribution in [2.45, 2.75) is 18.6 Å². The van der Waals surface area contributed by atoms with E-state index in [-0.39, 0.29) is 17.8 Å². The summed E-state index contributed by atoms with van der Waals surface area (Å²) >= 11 is 0. The topological polar surface area (TPSA) is 68.5 Å². The molecule has 0 spiro atoms. The maximum Gasteiger partial charge on any atom is 0.261 e. The number of pyridine rings is 1. The molecule has 0 bridgehead atoms. The summed E-state index contributed by atoms with van der Waals surface area (Å²) in [4.78, 5) is 27.6. The summed E-state index contributed by atoms with van der Waals surface area (Å²) < 4.78 is 6.78. The van der Waals surface area contributed by atoms with E-state index in [1.165, 1.54) is 4.57 Å². The summed E-state index contributed by atoms with van der Waals surface area (Å²) in [5.41, 5.74) is -0.672. The lowest BCUT2D eigenvalue weighted by Crippen LogP contribution is -2.51. The molecule has 158 valence electrons. The zero-order chi connectivity index (χ0) is 22.1. The van der Waals surface area contributed by atoms with Crippen LogP contribution in [0.15, 0.2) is 83.7 Å². The van der Waals surface area contributed by atoms with Gasteiger partial charge in [-0.25, -0.2) is 0 Å². The first-order valence-corrected chi connectivity index (χ1v) is 10.6. The normalized spacial score (nSPS) is 23.1. The van der Waals surface area contributed by atoms with Gasteiger partial charge >= 0.3 is 0 Å². The molecule has 2 heterocycles. The molecule has 0 radical (unpaired) electrons. The van der Waals surface area contributed by atoms with Gasteiger partial charge in [0.2, 0.25) is 0 Å². The number of carbonyl (C=O) groups is 1. The Morgan fingerprint density at radius 2 is 1.72 bits per heavy atom. The number of methoxy groups -OCH3 is 1. The minimum absolute atomic E-state index is 0.121. The van der Waals surface area contributed by atoms with Crippen LogP contribution in [0.1, 0.15) is 27.2 Å². The molecule has 0 saturated heterocycles. The van der Waals surface area contributed by atoms with Gasteiger partial charge in [-0.1, -0.05) is 54.6 Å². The third-order valence-electron chi connectivity index (χ3n) is 7.11. The Hall–Kier alpha value is -3.70. The number of ether oxygens (including phenoxy) is 1. The van der Waals surface area contributed by atoms with Gasteiger partial charge in [-0.3, -0.25) is 14.2 Å². The monoisotopic (exact) mass is 423 g/mol. The minimum Gasteiger partial charge on any atom is -0.497 e. The van der Waals surface area contributed by atoms with Crippen molar-refractivity contribution in [3.63, 3.8) is 0 Å². The van der Waals surface area contributed by atoms with Crippen LogP contribution in [0.5, 0.6) is 5.75 Å². The lowest BCUT2D eigenvalue weighted by Gasteiger charge is -2.36. The van der Waals surface area contributed by atoms with Crippen LogP contribution < -0.4 is 10.3 Å². The van der Waals surface area contributed by atoms with Crippen molar-refractivity contribution in [1.29, 1.82) is 0 Å². The van der Waals surface area contributed by atoms with E-state index in [0.29, 0.717) is 34.4 Å². The third-order valence-corrected chi connectivity index (χ3v) is 7.11. The van der Waals surface area contributed by atoms with Gasteiger partial charge in [0.15, 0.2) is 11.5 Å². The van der Waals surface area contributed by atoms with Gasteiger partial charge in [0.05, 0.1) is 12.5 Å². The van der Waals surface area contributed by atoms with Gasteiger partial charge in [-0.05, 0) is 41.6 Å². The van der Waals surface area contributed by atoms with E-state index in [0.717, 1.165) is 10.9 Å². The van der Waals surface area contributed by atoms with Crippen LogP contribution in [0.2, 0.25) is 0 Å². The molecule has 0 amide bonds. The number of ketones is 1. The van der Waals surface area contributed by atoms with Crippen molar-refractivity contribution in [2.75, 3.05) is 7.11 Å². The Labute approximate surface area is 184 Å². The molecule has 1 aromatic heterocycles. The van der Waals surface area contributed by atoms with Crippen molar-refractivity contribution in [2.24, 2.45) is 5.41 Å². The maximum atomic E-state index is 13.9. The van der Waals surface area contributed by atoms with E-state index in [2.05, 4.69) is 0 Å². The Morgan fingerprint density at radius 3 is 2.50 bits per heavy atom. The number of Topliss-reactive ketones (excluding diaryl/α,β-unsaturated/α-hetero) is 1. The Kier molecular flexibility index (Phi) is 3.81. The SMILES string of the molecule is COc1ccc2c(=O)n3c(cc2c1)CC1(Cc2ccccc2)C(=O)c2ccccc2C31O. The Morgan fingerprint density at radius 1 is 0.969 bits per heavy atom. The van der Waals surface area contributed by atoms with Crippen LogP contribution in [-0.4, -0.2) is 22.6 Å². The number of hydrogen-bond acceptors (Lipinski definition) is 4. The second kappa shape index (κ2) is 6.40. The van der Waals surface area contributed by atoms with Crippen LogP contribution in [0.25, 0.3) is 10.8 Å². The van der Waals surface area contributed by atoms with E-state index < -0.39 is 11.1 Å². The number of nitrogens with zero attached hydrogens (tertiary/aromatic N) is 1. The van der Waals surface area contributed by atoms with E-state index in [1.54, 1.807) is 43.5 Å². The molecule has 3 aromatic carbocycles. The van der Waals surface area contributed by atoms with Crippen molar-refractivity contribution in [3.8, 4) is 5.75 Å². The molecule has 1 aliphatic heterocycles. The predicted molar refractivity (Wildman–Crippen MR) is 121 cm³/mol. The van der Waals surface area contributed by atoms with Gasteiger partial charge in [-0.2, -0.15) is 0 Å². The largest absolute Gasteiger partial charge is 0.497 e. The van der Waals surface area contributed by atoms with Crippen molar-refractivity contribution >= 4 is 16.6 Å². The van der Waals surface area contributed by atoms with E-state index in [1.807, 2.05) is 42.5 Å². The van der Waals surface area contributed by atoms with Gasteiger partial charge in [0.25, 0.3) is 5.56 Å². The van der Waals surface area contributed by atoms with Crippen LogP contribution in [0, 0.1) is 5.41 Å². The second-order valence-electron chi connectivity index (χ2n) is 8.70. The first-order chi connectivity index (χ1) is 15.5.